The molecule has 0 aromatic rings. The number of carbonyl (C=O) groups is 1. The highest BCUT2D eigenvalue weighted by Crippen LogP contribution is 2.08. The maximum Gasteiger partial charge on any atom is 0.246 e. The van der Waals surface area contributed by atoms with E-state index < -0.39 is 0 Å². The standard InChI is InChI=1S/C10H19NO2/c1-4-9(5-2)11(7-8-12)10(13)6-3/h6,9,12H,3-5,7-8H2,1-2H3. The Labute approximate surface area is 80.0 Å². The monoisotopic (exact) mass is 185 g/mol. The molecule has 0 saturated heterocycles. The van der Waals surface area contributed by atoms with E-state index in [9.17, 15) is 4.79 Å². The van der Waals surface area contributed by atoms with E-state index in [4.69, 9.17) is 5.11 Å². The Morgan fingerprint density at radius 2 is 2.08 bits per heavy atom. The number of amides is 1. The summed E-state index contributed by atoms with van der Waals surface area (Å²) in [6, 6.07) is 0.220. The van der Waals surface area contributed by atoms with Crippen LogP contribution >= 0.6 is 0 Å². The van der Waals surface area contributed by atoms with Crippen LogP contribution in [0.1, 0.15) is 26.7 Å². The van der Waals surface area contributed by atoms with E-state index in [-0.39, 0.29) is 18.6 Å². The molecule has 0 aliphatic heterocycles. The van der Waals surface area contributed by atoms with Gasteiger partial charge in [0.15, 0.2) is 0 Å². The first-order chi connectivity index (χ1) is 6.21. The van der Waals surface area contributed by atoms with Crippen LogP contribution in [0, 0.1) is 0 Å². The van der Waals surface area contributed by atoms with E-state index >= 15 is 0 Å². The lowest BCUT2D eigenvalue weighted by molar-refractivity contribution is -0.129. The van der Waals surface area contributed by atoms with Crippen LogP contribution in [0.25, 0.3) is 0 Å². The van der Waals surface area contributed by atoms with Crippen LogP contribution in [-0.4, -0.2) is 35.1 Å². The van der Waals surface area contributed by atoms with Crippen molar-refractivity contribution in [3.8, 4) is 0 Å². The minimum atomic E-state index is -0.0947. The summed E-state index contributed by atoms with van der Waals surface area (Å²) in [5, 5.41) is 8.79. The fourth-order valence-electron chi connectivity index (χ4n) is 1.43. The average molecular weight is 185 g/mol. The van der Waals surface area contributed by atoms with E-state index in [0.29, 0.717) is 6.54 Å². The first-order valence-corrected chi connectivity index (χ1v) is 4.75. The summed E-state index contributed by atoms with van der Waals surface area (Å²) in [5.41, 5.74) is 0. The zero-order valence-electron chi connectivity index (χ0n) is 8.49. The van der Waals surface area contributed by atoms with Gasteiger partial charge in [-0.3, -0.25) is 4.79 Å². The topological polar surface area (TPSA) is 40.5 Å². The molecule has 76 valence electrons. The highest BCUT2D eigenvalue weighted by molar-refractivity contribution is 5.87. The molecule has 0 fully saturated rings. The quantitative estimate of drug-likeness (QED) is 0.631. The molecule has 0 saturated carbocycles. The minimum Gasteiger partial charge on any atom is -0.395 e. The highest BCUT2D eigenvalue weighted by atomic mass is 16.3. The second kappa shape index (κ2) is 6.66. The summed E-state index contributed by atoms with van der Waals surface area (Å²) in [5.74, 6) is -0.0947. The van der Waals surface area contributed by atoms with Crippen LogP contribution in [-0.2, 0) is 4.79 Å². The van der Waals surface area contributed by atoms with Gasteiger partial charge in [-0.1, -0.05) is 20.4 Å². The molecule has 13 heavy (non-hydrogen) atoms. The van der Waals surface area contributed by atoms with Gasteiger partial charge in [0.25, 0.3) is 0 Å². The average Bonchev–Trinajstić information content (AvgIpc) is 2.17. The second-order valence-corrected chi connectivity index (χ2v) is 2.93. The first kappa shape index (κ1) is 12.2. The Morgan fingerprint density at radius 1 is 1.54 bits per heavy atom. The number of carbonyl (C=O) groups excluding carboxylic acids is 1. The van der Waals surface area contributed by atoms with Crippen LogP contribution in [0.3, 0.4) is 0 Å². The smallest absolute Gasteiger partial charge is 0.246 e. The predicted molar refractivity (Wildman–Crippen MR) is 53.4 cm³/mol. The van der Waals surface area contributed by atoms with Crippen LogP contribution in [0.4, 0.5) is 0 Å². The van der Waals surface area contributed by atoms with Crippen molar-refractivity contribution in [3.63, 3.8) is 0 Å². The summed E-state index contributed by atoms with van der Waals surface area (Å²) in [7, 11) is 0. The lowest BCUT2D eigenvalue weighted by Gasteiger charge is -2.28. The summed E-state index contributed by atoms with van der Waals surface area (Å²) in [6.45, 7) is 7.93. The molecule has 0 unspecified atom stereocenters. The summed E-state index contributed by atoms with van der Waals surface area (Å²) >= 11 is 0. The highest BCUT2D eigenvalue weighted by Gasteiger charge is 2.17. The van der Waals surface area contributed by atoms with Crippen LogP contribution < -0.4 is 0 Å². The van der Waals surface area contributed by atoms with E-state index in [1.165, 1.54) is 6.08 Å². The van der Waals surface area contributed by atoms with E-state index in [1.54, 1.807) is 4.90 Å². The normalized spacial score (nSPS) is 10.2. The van der Waals surface area contributed by atoms with Gasteiger partial charge in [-0.05, 0) is 18.9 Å². The van der Waals surface area contributed by atoms with Gasteiger partial charge >= 0.3 is 0 Å². The van der Waals surface area contributed by atoms with Gasteiger partial charge in [-0.15, -0.1) is 0 Å². The zero-order valence-corrected chi connectivity index (χ0v) is 8.49. The van der Waals surface area contributed by atoms with Gasteiger partial charge in [-0.25, -0.2) is 0 Å². The van der Waals surface area contributed by atoms with Crippen LogP contribution in [0.5, 0.6) is 0 Å². The molecule has 0 atom stereocenters. The molecule has 0 radical (unpaired) electrons. The molecule has 0 heterocycles. The SMILES string of the molecule is C=CC(=O)N(CCO)C(CC)CC. The minimum absolute atomic E-state index is 0.0100. The number of hydrogen-bond donors (Lipinski definition) is 1. The van der Waals surface area contributed by atoms with Crippen molar-refractivity contribution >= 4 is 5.91 Å². The number of aliphatic hydroxyl groups excluding tert-OH is 1. The van der Waals surface area contributed by atoms with E-state index in [2.05, 4.69) is 6.58 Å². The summed E-state index contributed by atoms with van der Waals surface area (Å²) < 4.78 is 0. The fraction of sp³-hybridized carbons (Fsp3) is 0.700. The molecular formula is C10H19NO2. The molecule has 0 bridgehead atoms. The van der Waals surface area contributed by atoms with Gasteiger partial charge in [-0.2, -0.15) is 0 Å². The van der Waals surface area contributed by atoms with Crippen molar-refractivity contribution in [2.75, 3.05) is 13.2 Å². The van der Waals surface area contributed by atoms with Gasteiger partial charge in [0, 0.05) is 12.6 Å². The van der Waals surface area contributed by atoms with E-state index in [1.807, 2.05) is 13.8 Å². The number of nitrogens with zero attached hydrogens (tertiary/aromatic N) is 1. The van der Waals surface area contributed by atoms with Crippen molar-refractivity contribution in [1.29, 1.82) is 0 Å². The molecule has 1 amide bonds. The Hall–Kier alpha value is -0.830. The van der Waals surface area contributed by atoms with Crippen LogP contribution in [0.2, 0.25) is 0 Å². The number of aliphatic hydroxyl groups is 1. The lowest BCUT2D eigenvalue weighted by Crippen LogP contribution is -2.40. The van der Waals surface area contributed by atoms with Gasteiger partial charge in [0.2, 0.25) is 5.91 Å². The molecule has 0 aromatic heterocycles. The molecule has 0 rings (SSSR count). The number of rotatable bonds is 6. The van der Waals surface area contributed by atoms with Crippen molar-refractivity contribution in [2.45, 2.75) is 32.7 Å². The third kappa shape index (κ3) is 3.59. The lowest BCUT2D eigenvalue weighted by atomic mass is 10.1. The van der Waals surface area contributed by atoms with Gasteiger partial charge in [0.1, 0.15) is 0 Å². The van der Waals surface area contributed by atoms with Crippen molar-refractivity contribution in [2.24, 2.45) is 0 Å². The predicted octanol–water partition coefficient (Wildman–Crippen LogP) is 1.18. The zero-order chi connectivity index (χ0) is 10.3. The Bertz CT molecular complexity index is 164. The molecule has 0 spiro atoms. The van der Waals surface area contributed by atoms with Crippen molar-refractivity contribution in [1.82, 2.24) is 4.90 Å². The third-order valence-corrected chi connectivity index (χ3v) is 2.18. The third-order valence-electron chi connectivity index (χ3n) is 2.18. The summed E-state index contributed by atoms with van der Waals surface area (Å²) in [6.07, 6.45) is 3.13. The van der Waals surface area contributed by atoms with Crippen LogP contribution in [0.15, 0.2) is 12.7 Å². The summed E-state index contributed by atoms with van der Waals surface area (Å²) in [4.78, 5) is 13.0. The van der Waals surface area contributed by atoms with Gasteiger partial charge in [0.05, 0.1) is 6.61 Å². The Morgan fingerprint density at radius 3 is 2.38 bits per heavy atom. The molecule has 0 aliphatic rings. The molecule has 1 N–H and O–H groups in total. The van der Waals surface area contributed by atoms with Crippen molar-refractivity contribution in [3.05, 3.63) is 12.7 Å². The first-order valence-electron chi connectivity index (χ1n) is 4.75. The van der Waals surface area contributed by atoms with E-state index in [0.717, 1.165) is 12.8 Å². The molecule has 3 heteroatoms. The Kier molecular flexibility index (Phi) is 6.24. The molecular weight excluding hydrogens is 166 g/mol. The number of hydrogen-bond acceptors (Lipinski definition) is 2. The maximum atomic E-state index is 11.4. The molecule has 0 aliphatic carbocycles. The molecule has 3 nitrogen and oxygen atoms in total. The maximum absolute atomic E-state index is 11.4. The largest absolute Gasteiger partial charge is 0.395 e. The van der Waals surface area contributed by atoms with Gasteiger partial charge < -0.3 is 10.0 Å². The van der Waals surface area contributed by atoms with Crippen molar-refractivity contribution < 1.29 is 9.90 Å². The second-order valence-electron chi connectivity index (χ2n) is 2.93. The fourth-order valence-corrected chi connectivity index (χ4v) is 1.43. The Balaban J connectivity index is 4.36. The molecule has 0 aromatic carbocycles.